The number of halogens is 2. The van der Waals surface area contributed by atoms with Gasteiger partial charge in [-0.2, -0.15) is 5.10 Å². The van der Waals surface area contributed by atoms with Crippen LogP contribution in [0.15, 0.2) is 52.6 Å². The van der Waals surface area contributed by atoms with Crippen molar-refractivity contribution in [2.24, 2.45) is 4.99 Å². The van der Waals surface area contributed by atoms with E-state index in [1.807, 2.05) is 41.2 Å². The molecule has 0 aliphatic heterocycles. The minimum Gasteiger partial charge on any atom is -0.357 e. The summed E-state index contributed by atoms with van der Waals surface area (Å²) in [4.78, 5) is 5.82. The Balaban J connectivity index is 0.00000312. The van der Waals surface area contributed by atoms with Crippen molar-refractivity contribution in [3.05, 3.63) is 47.7 Å². The van der Waals surface area contributed by atoms with Crippen molar-refractivity contribution in [1.82, 2.24) is 20.4 Å². The predicted octanol–water partition coefficient (Wildman–Crippen LogP) is 3.89. The van der Waals surface area contributed by atoms with E-state index in [1.54, 1.807) is 18.0 Å². The van der Waals surface area contributed by atoms with Gasteiger partial charge in [0.15, 0.2) is 5.96 Å². The van der Waals surface area contributed by atoms with Gasteiger partial charge in [-0.1, -0.05) is 11.6 Å². The van der Waals surface area contributed by atoms with E-state index in [1.165, 1.54) is 4.90 Å². The predicted molar refractivity (Wildman–Crippen MR) is 118 cm³/mol. The molecule has 0 spiro atoms. The summed E-state index contributed by atoms with van der Waals surface area (Å²) in [7, 11) is 0. The Labute approximate surface area is 176 Å². The van der Waals surface area contributed by atoms with Crippen LogP contribution in [-0.4, -0.2) is 41.1 Å². The molecule has 25 heavy (non-hydrogen) atoms. The highest BCUT2D eigenvalue weighted by Crippen LogP contribution is 2.19. The number of hydrogen-bond donors (Lipinski definition) is 2. The first-order chi connectivity index (χ1) is 11.8. The molecule has 0 bridgehead atoms. The van der Waals surface area contributed by atoms with Crippen molar-refractivity contribution >= 4 is 53.3 Å². The average molecular weight is 494 g/mol. The molecule has 0 unspecified atom stereocenters. The summed E-state index contributed by atoms with van der Waals surface area (Å²) in [6, 6.07) is 9.86. The highest BCUT2D eigenvalue weighted by atomic mass is 127. The normalized spacial score (nSPS) is 11.0. The number of benzene rings is 1. The van der Waals surface area contributed by atoms with Crippen LogP contribution < -0.4 is 10.6 Å². The summed E-state index contributed by atoms with van der Waals surface area (Å²) in [6.45, 7) is 5.46. The van der Waals surface area contributed by atoms with Crippen LogP contribution in [0.3, 0.4) is 0 Å². The molecule has 0 saturated heterocycles. The standard InChI is InChI=1S/C17H24ClN5S.HI/c1-2-19-17(20-9-3-12-23-13-4-10-22-23)21-11-14-24-16-7-5-15(18)6-8-16;/h4-8,10,13H,2-3,9,11-12,14H2,1H3,(H2,19,20,21);1H. The topological polar surface area (TPSA) is 54.2 Å². The van der Waals surface area contributed by atoms with Gasteiger partial charge in [0.2, 0.25) is 0 Å². The average Bonchev–Trinajstić information content (AvgIpc) is 3.10. The van der Waals surface area contributed by atoms with Crippen LogP contribution in [-0.2, 0) is 6.54 Å². The number of rotatable bonds is 9. The first-order valence-electron chi connectivity index (χ1n) is 8.16. The molecule has 1 aromatic heterocycles. The molecule has 0 radical (unpaired) electrons. The van der Waals surface area contributed by atoms with E-state index in [4.69, 9.17) is 11.6 Å². The van der Waals surface area contributed by atoms with Crippen LogP contribution in [0.5, 0.6) is 0 Å². The Morgan fingerprint density at radius 1 is 1.28 bits per heavy atom. The molecule has 2 aromatic rings. The van der Waals surface area contributed by atoms with E-state index in [-0.39, 0.29) is 24.0 Å². The summed E-state index contributed by atoms with van der Waals surface area (Å²) in [5.41, 5.74) is 0. The van der Waals surface area contributed by atoms with Crippen LogP contribution in [0, 0.1) is 0 Å². The zero-order chi connectivity index (χ0) is 17.0. The summed E-state index contributed by atoms with van der Waals surface area (Å²) in [5.74, 6) is 1.84. The summed E-state index contributed by atoms with van der Waals surface area (Å²) in [5, 5.41) is 11.6. The minimum atomic E-state index is 0. The lowest BCUT2D eigenvalue weighted by molar-refractivity contribution is 0.584. The third-order valence-electron chi connectivity index (χ3n) is 3.20. The Kier molecular flexibility index (Phi) is 11.8. The number of aromatic nitrogens is 2. The molecule has 0 atom stereocenters. The number of aliphatic imine (C=N–C) groups is 1. The number of nitrogens with zero attached hydrogens (tertiary/aromatic N) is 3. The number of guanidine groups is 1. The SMILES string of the molecule is CCNC(=NCCCn1cccn1)NCCSc1ccc(Cl)cc1.I. The first kappa shape index (κ1) is 22.1. The van der Waals surface area contributed by atoms with Gasteiger partial charge < -0.3 is 10.6 Å². The Hall–Kier alpha value is -0.930. The third-order valence-corrected chi connectivity index (χ3v) is 4.46. The van der Waals surface area contributed by atoms with Crippen molar-refractivity contribution < 1.29 is 0 Å². The van der Waals surface area contributed by atoms with Crippen LogP contribution in [0.1, 0.15) is 13.3 Å². The Bertz CT molecular complexity index is 604. The van der Waals surface area contributed by atoms with Crippen molar-refractivity contribution in [3.8, 4) is 0 Å². The lowest BCUT2D eigenvalue weighted by Gasteiger charge is -2.11. The number of hydrogen-bond acceptors (Lipinski definition) is 3. The second kappa shape index (κ2) is 13.3. The highest BCUT2D eigenvalue weighted by molar-refractivity contribution is 14.0. The molecule has 0 fully saturated rings. The van der Waals surface area contributed by atoms with E-state index in [0.717, 1.165) is 49.3 Å². The van der Waals surface area contributed by atoms with Crippen LogP contribution in [0.25, 0.3) is 0 Å². The maximum Gasteiger partial charge on any atom is 0.191 e. The monoisotopic (exact) mass is 493 g/mol. The molecule has 0 amide bonds. The van der Waals surface area contributed by atoms with E-state index in [2.05, 4.69) is 27.6 Å². The summed E-state index contributed by atoms with van der Waals surface area (Å²) < 4.78 is 1.93. The molecule has 138 valence electrons. The molecule has 8 heteroatoms. The van der Waals surface area contributed by atoms with Crippen molar-refractivity contribution in [3.63, 3.8) is 0 Å². The number of thioether (sulfide) groups is 1. The molecule has 2 rings (SSSR count). The van der Waals surface area contributed by atoms with Crippen molar-refractivity contribution in [2.75, 3.05) is 25.4 Å². The van der Waals surface area contributed by atoms with Crippen LogP contribution in [0.4, 0.5) is 0 Å². The van der Waals surface area contributed by atoms with Crippen molar-refractivity contribution in [1.29, 1.82) is 0 Å². The fourth-order valence-electron chi connectivity index (χ4n) is 2.07. The molecule has 0 aliphatic carbocycles. The Morgan fingerprint density at radius 2 is 2.08 bits per heavy atom. The second-order valence-corrected chi connectivity index (χ2v) is 6.72. The minimum absolute atomic E-state index is 0. The largest absolute Gasteiger partial charge is 0.357 e. The van der Waals surface area contributed by atoms with Crippen LogP contribution >= 0.6 is 47.3 Å². The van der Waals surface area contributed by atoms with E-state index >= 15 is 0 Å². The molecule has 0 aliphatic rings. The molecule has 0 saturated carbocycles. The van der Waals surface area contributed by atoms with Gasteiger partial charge in [-0.05, 0) is 43.7 Å². The van der Waals surface area contributed by atoms with Gasteiger partial charge in [0.1, 0.15) is 0 Å². The summed E-state index contributed by atoms with van der Waals surface area (Å²) >= 11 is 7.69. The molecule has 1 heterocycles. The van der Waals surface area contributed by atoms with E-state index < -0.39 is 0 Å². The zero-order valence-corrected chi connectivity index (χ0v) is 18.2. The first-order valence-corrected chi connectivity index (χ1v) is 9.52. The van der Waals surface area contributed by atoms with E-state index in [0.29, 0.717) is 0 Å². The molecule has 5 nitrogen and oxygen atoms in total. The van der Waals surface area contributed by atoms with Gasteiger partial charge in [-0.25, -0.2) is 0 Å². The van der Waals surface area contributed by atoms with Gasteiger partial charge in [0.25, 0.3) is 0 Å². The molecular weight excluding hydrogens is 469 g/mol. The van der Waals surface area contributed by atoms with Gasteiger partial charge in [0, 0.05) is 54.2 Å². The fraction of sp³-hybridized carbons (Fsp3) is 0.412. The van der Waals surface area contributed by atoms with Gasteiger partial charge >= 0.3 is 0 Å². The maximum absolute atomic E-state index is 5.89. The smallest absolute Gasteiger partial charge is 0.191 e. The lowest BCUT2D eigenvalue weighted by atomic mass is 10.4. The number of aryl methyl sites for hydroxylation is 1. The zero-order valence-electron chi connectivity index (χ0n) is 14.3. The molecular formula is C17H25ClIN5S. The highest BCUT2D eigenvalue weighted by Gasteiger charge is 1.98. The van der Waals surface area contributed by atoms with Crippen LogP contribution in [0.2, 0.25) is 5.02 Å². The molecule has 2 N–H and O–H groups in total. The van der Waals surface area contributed by atoms with E-state index in [9.17, 15) is 0 Å². The fourth-order valence-corrected chi connectivity index (χ4v) is 2.96. The van der Waals surface area contributed by atoms with Crippen molar-refractivity contribution in [2.45, 2.75) is 24.8 Å². The van der Waals surface area contributed by atoms with Gasteiger partial charge in [0.05, 0.1) is 0 Å². The maximum atomic E-state index is 5.89. The molecule has 1 aromatic carbocycles. The Morgan fingerprint density at radius 3 is 2.76 bits per heavy atom. The third kappa shape index (κ3) is 9.37. The number of nitrogens with one attached hydrogen (secondary N) is 2. The second-order valence-electron chi connectivity index (χ2n) is 5.11. The summed E-state index contributed by atoms with van der Waals surface area (Å²) in [6.07, 6.45) is 4.74. The van der Waals surface area contributed by atoms with Gasteiger partial charge in [-0.15, -0.1) is 35.7 Å². The lowest BCUT2D eigenvalue weighted by Crippen LogP contribution is -2.38. The quantitative estimate of drug-likeness (QED) is 0.183. The van der Waals surface area contributed by atoms with Gasteiger partial charge in [-0.3, -0.25) is 9.67 Å².